The van der Waals surface area contributed by atoms with Crippen LogP contribution >= 0.6 is 0 Å². The third-order valence-corrected chi connectivity index (χ3v) is 2.67. The first kappa shape index (κ1) is 13.1. The lowest BCUT2D eigenvalue weighted by Crippen LogP contribution is -2.45. The fourth-order valence-corrected chi connectivity index (χ4v) is 1.52. The lowest BCUT2D eigenvalue weighted by molar-refractivity contribution is -0.121. The summed E-state index contributed by atoms with van der Waals surface area (Å²) in [5, 5.41) is 6.02. The van der Waals surface area contributed by atoms with E-state index in [1.54, 1.807) is 13.8 Å². The summed E-state index contributed by atoms with van der Waals surface area (Å²) < 4.78 is 0. The van der Waals surface area contributed by atoms with Crippen LogP contribution in [0.2, 0.25) is 0 Å². The molecule has 0 unspecified atom stereocenters. The van der Waals surface area contributed by atoms with E-state index >= 15 is 0 Å². The molecule has 0 aromatic carbocycles. The molecule has 102 valence electrons. The maximum Gasteiger partial charge on any atom is 0.242 e. The van der Waals surface area contributed by atoms with Crippen LogP contribution in [0.25, 0.3) is 11.2 Å². The van der Waals surface area contributed by atoms with Crippen LogP contribution < -0.4 is 16.4 Å². The van der Waals surface area contributed by atoms with Gasteiger partial charge in [-0.2, -0.15) is 9.97 Å². The zero-order chi connectivity index (χ0) is 14.0. The van der Waals surface area contributed by atoms with Gasteiger partial charge in [-0.15, -0.1) is 0 Å². The van der Waals surface area contributed by atoms with Crippen LogP contribution in [0.5, 0.6) is 0 Å². The number of nitrogens with zero attached hydrogens (tertiary/aromatic N) is 3. The molecule has 0 saturated carbocycles. The molecule has 2 heterocycles. The van der Waals surface area contributed by atoms with Crippen molar-refractivity contribution in [1.29, 1.82) is 0 Å². The third-order valence-electron chi connectivity index (χ3n) is 2.67. The number of nitrogens with two attached hydrogens (primary N) is 1. The van der Waals surface area contributed by atoms with E-state index in [2.05, 4.69) is 30.6 Å². The van der Waals surface area contributed by atoms with Gasteiger partial charge in [-0.3, -0.25) is 4.79 Å². The summed E-state index contributed by atoms with van der Waals surface area (Å²) in [7, 11) is 0. The number of hydrogen-bond donors (Lipinski definition) is 4. The van der Waals surface area contributed by atoms with Crippen molar-refractivity contribution in [3.8, 4) is 0 Å². The Bertz CT molecular complexity index is 604. The van der Waals surface area contributed by atoms with Crippen LogP contribution in [0.3, 0.4) is 0 Å². The van der Waals surface area contributed by atoms with Crippen LogP contribution in [0, 0.1) is 0 Å². The second-order valence-corrected chi connectivity index (χ2v) is 4.64. The van der Waals surface area contributed by atoms with Crippen molar-refractivity contribution in [3.63, 3.8) is 0 Å². The molecule has 0 radical (unpaired) electrons. The molecule has 0 aliphatic heterocycles. The minimum Gasteiger partial charge on any atom is -0.368 e. The number of imidazole rings is 1. The molecule has 0 fully saturated rings. The fourth-order valence-electron chi connectivity index (χ4n) is 1.52. The summed E-state index contributed by atoms with van der Waals surface area (Å²) in [6.07, 6.45) is 1.53. The van der Waals surface area contributed by atoms with Gasteiger partial charge in [-0.05, 0) is 20.8 Å². The lowest BCUT2D eigenvalue weighted by Gasteiger charge is -2.23. The molecule has 0 spiro atoms. The van der Waals surface area contributed by atoms with E-state index in [0.29, 0.717) is 29.5 Å². The summed E-state index contributed by atoms with van der Waals surface area (Å²) in [5.74, 6) is 0.468. The Balaban J connectivity index is 2.45. The minimum atomic E-state index is -0.921. The number of carbonyl (C=O) groups excluding carboxylic acids is 1. The molecule has 8 nitrogen and oxygen atoms in total. The molecular weight excluding hydrogens is 246 g/mol. The highest BCUT2D eigenvalue weighted by Crippen LogP contribution is 2.21. The lowest BCUT2D eigenvalue weighted by atomic mass is 10.1. The van der Waals surface area contributed by atoms with Crippen molar-refractivity contribution in [3.05, 3.63) is 6.33 Å². The van der Waals surface area contributed by atoms with E-state index in [1.165, 1.54) is 6.33 Å². The first-order valence-corrected chi connectivity index (χ1v) is 5.97. The van der Waals surface area contributed by atoms with Gasteiger partial charge in [0.1, 0.15) is 11.1 Å². The van der Waals surface area contributed by atoms with E-state index in [4.69, 9.17) is 5.73 Å². The van der Waals surface area contributed by atoms with Gasteiger partial charge in [0.05, 0.1) is 6.33 Å². The normalized spacial score (nSPS) is 11.5. The van der Waals surface area contributed by atoms with Gasteiger partial charge in [-0.1, -0.05) is 0 Å². The minimum absolute atomic E-state index is 0.449. The van der Waals surface area contributed by atoms with Crippen LogP contribution in [0.4, 0.5) is 11.8 Å². The summed E-state index contributed by atoms with van der Waals surface area (Å²) in [4.78, 5) is 27.0. The van der Waals surface area contributed by atoms with E-state index < -0.39 is 11.4 Å². The average molecular weight is 263 g/mol. The average Bonchev–Trinajstić information content (AvgIpc) is 2.77. The predicted molar refractivity (Wildman–Crippen MR) is 72.7 cm³/mol. The molecule has 0 saturated heterocycles. The summed E-state index contributed by atoms with van der Waals surface area (Å²) in [5.41, 5.74) is 5.58. The van der Waals surface area contributed by atoms with Crippen molar-refractivity contribution in [2.75, 3.05) is 17.2 Å². The molecule has 19 heavy (non-hydrogen) atoms. The van der Waals surface area contributed by atoms with Crippen LogP contribution in [0.1, 0.15) is 20.8 Å². The molecular formula is C11H17N7O. The topological polar surface area (TPSA) is 122 Å². The van der Waals surface area contributed by atoms with E-state index in [9.17, 15) is 4.79 Å². The maximum absolute atomic E-state index is 11.4. The smallest absolute Gasteiger partial charge is 0.242 e. The van der Waals surface area contributed by atoms with E-state index in [-0.39, 0.29) is 0 Å². The molecule has 0 aliphatic rings. The number of primary amides is 1. The van der Waals surface area contributed by atoms with Crippen molar-refractivity contribution in [1.82, 2.24) is 19.9 Å². The number of rotatable bonds is 5. The molecule has 0 aliphatic carbocycles. The fraction of sp³-hybridized carbons (Fsp3) is 0.455. The molecule has 2 aromatic rings. The molecule has 1 amide bonds. The van der Waals surface area contributed by atoms with E-state index in [0.717, 1.165) is 0 Å². The van der Waals surface area contributed by atoms with Gasteiger partial charge in [0.25, 0.3) is 0 Å². The highest BCUT2D eigenvalue weighted by molar-refractivity contribution is 5.91. The largest absolute Gasteiger partial charge is 0.368 e. The van der Waals surface area contributed by atoms with Gasteiger partial charge in [0, 0.05) is 6.54 Å². The highest BCUT2D eigenvalue weighted by Gasteiger charge is 2.26. The Morgan fingerprint density at radius 2 is 2.21 bits per heavy atom. The third kappa shape index (κ3) is 2.56. The zero-order valence-corrected chi connectivity index (χ0v) is 11.1. The monoisotopic (exact) mass is 263 g/mol. The van der Waals surface area contributed by atoms with Crippen molar-refractivity contribution < 1.29 is 4.79 Å². The van der Waals surface area contributed by atoms with Gasteiger partial charge >= 0.3 is 0 Å². The van der Waals surface area contributed by atoms with Crippen molar-refractivity contribution in [2.45, 2.75) is 26.3 Å². The maximum atomic E-state index is 11.4. The number of anilines is 2. The number of hydrogen-bond acceptors (Lipinski definition) is 6. The summed E-state index contributed by atoms with van der Waals surface area (Å²) in [6.45, 7) is 6.01. The standard InChI is InChI=1S/C11H17N7O/c1-4-13-10-16-7-6(14-5-15-7)8(17-10)18-11(2,3)9(12)19/h5H,4H2,1-3H3,(H2,12,19)(H3,13,14,15,16,17,18). The first-order valence-electron chi connectivity index (χ1n) is 5.97. The Kier molecular flexibility index (Phi) is 3.24. The number of aromatic amines is 1. The van der Waals surface area contributed by atoms with Crippen LogP contribution in [-0.2, 0) is 4.79 Å². The molecule has 0 atom stereocenters. The number of nitrogens with one attached hydrogen (secondary N) is 3. The van der Waals surface area contributed by atoms with Gasteiger partial charge < -0.3 is 21.4 Å². The number of H-pyrrole nitrogens is 1. The SMILES string of the molecule is CCNc1nc(NC(C)(C)C(N)=O)c2[nH]cnc2n1. The predicted octanol–water partition coefficient (Wildman–Crippen LogP) is 0.460. The number of carbonyl (C=O) groups is 1. The van der Waals surface area contributed by atoms with Gasteiger partial charge in [-0.25, -0.2) is 4.98 Å². The van der Waals surface area contributed by atoms with Crippen LogP contribution in [0.15, 0.2) is 6.33 Å². The van der Waals surface area contributed by atoms with E-state index in [1.807, 2.05) is 6.92 Å². The molecule has 0 bridgehead atoms. The second-order valence-electron chi connectivity index (χ2n) is 4.64. The Morgan fingerprint density at radius 1 is 1.47 bits per heavy atom. The van der Waals surface area contributed by atoms with Gasteiger partial charge in [0.15, 0.2) is 11.5 Å². The second kappa shape index (κ2) is 4.71. The zero-order valence-electron chi connectivity index (χ0n) is 11.1. The molecule has 5 N–H and O–H groups in total. The number of aromatic nitrogens is 4. The van der Waals surface area contributed by atoms with Crippen molar-refractivity contribution in [2.24, 2.45) is 5.73 Å². The quantitative estimate of drug-likeness (QED) is 0.621. The van der Waals surface area contributed by atoms with Gasteiger partial charge in [0.2, 0.25) is 11.9 Å². The summed E-state index contributed by atoms with van der Waals surface area (Å²) in [6, 6.07) is 0. The molecule has 8 heteroatoms. The Morgan fingerprint density at radius 3 is 2.84 bits per heavy atom. The van der Waals surface area contributed by atoms with Crippen LogP contribution in [-0.4, -0.2) is 37.9 Å². The molecule has 2 rings (SSSR count). The Hall–Kier alpha value is -2.38. The first-order chi connectivity index (χ1) is 8.94. The number of amides is 1. The Labute approximate surface area is 110 Å². The van der Waals surface area contributed by atoms with Crippen molar-refractivity contribution >= 4 is 28.8 Å². The summed E-state index contributed by atoms with van der Waals surface area (Å²) >= 11 is 0. The molecule has 2 aromatic heterocycles. The highest BCUT2D eigenvalue weighted by atomic mass is 16.1. The number of fused-ring (bicyclic) bond motifs is 1.